The summed E-state index contributed by atoms with van der Waals surface area (Å²) in [4.78, 5) is 38.2. The third-order valence-corrected chi connectivity index (χ3v) is 14.9. The standard InChI is InChI=1S/C67H126O6/c1-4-7-10-13-16-19-22-25-26-27-28-29-30-31-32-33-34-35-36-37-38-39-40-43-45-48-51-54-57-60-66(69)72-63-64(73-67(70)61-58-55-52-49-46-42-24-21-18-15-12-9-6-3)62-71-65(68)59-56-53-50-47-44-41-23-20-17-14-11-8-5-2/h12,15,21,24,64H,4-11,13-14,16-20,22-23,25-63H2,1-3H3/b15-12-,24-21-. The van der Waals surface area contributed by atoms with E-state index in [0.29, 0.717) is 19.3 Å². The predicted molar refractivity (Wildman–Crippen MR) is 316 cm³/mol. The van der Waals surface area contributed by atoms with Crippen molar-refractivity contribution >= 4 is 17.9 Å². The van der Waals surface area contributed by atoms with E-state index in [1.165, 1.54) is 238 Å². The summed E-state index contributed by atoms with van der Waals surface area (Å²) >= 11 is 0. The zero-order valence-corrected chi connectivity index (χ0v) is 49.4. The zero-order chi connectivity index (χ0) is 52.9. The van der Waals surface area contributed by atoms with E-state index in [0.717, 1.165) is 89.9 Å². The molecule has 0 saturated heterocycles. The van der Waals surface area contributed by atoms with Gasteiger partial charge in [-0.25, -0.2) is 0 Å². The van der Waals surface area contributed by atoms with Crippen molar-refractivity contribution in [1.29, 1.82) is 0 Å². The Kier molecular flexibility index (Phi) is 60.6. The number of esters is 3. The van der Waals surface area contributed by atoms with Crippen LogP contribution in [0.1, 0.15) is 367 Å². The molecule has 0 amide bonds. The molecule has 1 atom stereocenters. The lowest BCUT2D eigenvalue weighted by Gasteiger charge is -2.18. The first kappa shape index (κ1) is 70.9. The maximum Gasteiger partial charge on any atom is 0.306 e. The van der Waals surface area contributed by atoms with Crippen molar-refractivity contribution in [3.05, 3.63) is 24.3 Å². The molecule has 6 nitrogen and oxygen atoms in total. The molecule has 0 aromatic heterocycles. The molecule has 6 heteroatoms. The number of ether oxygens (including phenoxy) is 3. The second-order valence-electron chi connectivity index (χ2n) is 22.4. The molecule has 0 bridgehead atoms. The Morgan fingerprint density at radius 3 is 0.808 bits per heavy atom. The van der Waals surface area contributed by atoms with Gasteiger partial charge in [-0.15, -0.1) is 0 Å². The number of allylic oxidation sites excluding steroid dienone is 4. The first-order chi connectivity index (χ1) is 36.0. The Morgan fingerprint density at radius 2 is 0.521 bits per heavy atom. The van der Waals surface area contributed by atoms with Gasteiger partial charge in [0.1, 0.15) is 13.2 Å². The largest absolute Gasteiger partial charge is 0.462 e. The highest BCUT2D eigenvalue weighted by molar-refractivity contribution is 5.71. The van der Waals surface area contributed by atoms with Crippen molar-refractivity contribution in [2.75, 3.05) is 13.2 Å². The molecule has 0 radical (unpaired) electrons. The van der Waals surface area contributed by atoms with Crippen molar-refractivity contribution in [2.45, 2.75) is 374 Å². The maximum atomic E-state index is 12.8. The normalized spacial score (nSPS) is 12.1. The zero-order valence-electron chi connectivity index (χ0n) is 49.4. The van der Waals surface area contributed by atoms with Gasteiger partial charge in [0.2, 0.25) is 0 Å². The summed E-state index contributed by atoms with van der Waals surface area (Å²) in [6.07, 6.45) is 75.0. The lowest BCUT2D eigenvalue weighted by Crippen LogP contribution is -2.30. The highest BCUT2D eigenvalue weighted by Crippen LogP contribution is 2.18. The van der Waals surface area contributed by atoms with Crippen molar-refractivity contribution in [1.82, 2.24) is 0 Å². The Morgan fingerprint density at radius 1 is 0.274 bits per heavy atom. The molecule has 0 spiro atoms. The Hall–Kier alpha value is -2.11. The van der Waals surface area contributed by atoms with Crippen LogP contribution in [0.3, 0.4) is 0 Å². The Balaban J connectivity index is 4.10. The van der Waals surface area contributed by atoms with Gasteiger partial charge in [0.25, 0.3) is 0 Å². The van der Waals surface area contributed by atoms with Crippen LogP contribution in [0.25, 0.3) is 0 Å². The van der Waals surface area contributed by atoms with Gasteiger partial charge in [0, 0.05) is 19.3 Å². The summed E-state index contributed by atoms with van der Waals surface area (Å²) in [7, 11) is 0. The summed E-state index contributed by atoms with van der Waals surface area (Å²) in [5.74, 6) is -0.861. The van der Waals surface area contributed by atoms with Crippen LogP contribution in [0, 0.1) is 0 Å². The lowest BCUT2D eigenvalue weighted by molar-refractivity contribution is -0.167. The van der Waals surface area contributed by atoms with Crippen molar-refractivity contribution in [3.8, 4) is 0 Å². The second kappa shape index (κ2) is 62.4. The van der Waals surface area contributed by atoms with Gasteiger partial charge in [0.05, 0.1) is 0 Å². The van der Waals surface area contributed by atoms with Gasteiger partial charge >= 0.3 is 17.9 Å². The number of unbranched alkanes of at least 4 members (excludes halogenated alkanes) is 46. The Labute approximate surface area is 455 Å². The van der Waals surface area contributed by atoms with E-state index in [2.05, 4.69) is 45.1 Å². The van der Waals surface area contributed by atoms with Crippen LogP contribution in [0.4, 0.5) is 0 Å². The SMILES string of the molecule is CCC/C=C\C/C=C\CCCCCCCC(=O)OC(COC(=O)CCCCCCCCCCCCCCC)COC(=O)CCCCCCCCCCCCCCCCCCCCCCCCCCCCCCC. The molecule has 0 N–H and O–H groups in total. The van der Waals surface area contributed by atoms with Crippen molar-refractivity contribution in [3.63, 3.8) is 0 Å². The summed E-state index contributed by atoms with van der Waals surface area (Å²) in [5.41, 5.74) is 0. The third kappa shape index (κ3) is 60.6. The number of rotatable bonds is 61. The first-order valence-electron chi connectivity index (χ1n) is 32.8. The van der Waals surface area contributed by atoms with Gasteiger partial charge in [0.15, 0.2) is 6.10 Å². The van der Waals surface area contributed by atoms with Crippen LogP contribution in [0.5, 0.6) is 0 Å². The van der Waals surface area contributed by atoms with Crippen LogP contribution < -0.4 is 0 Å². The van der Waals surface area contributed by atoms with Gasteiger partial charge < -0.3 is 14.2 Å². The molecular weight excluding hydrogens is 901 g/mol. The smallest absolute Gasteiger partial charge is 0.306 e. The Bertz CT molecular complexity index is 1180. The highest BCUT2D eigenvalue weighted by Gasteiger charge is 2.19. The maximum absolute atomic E-state index is 12.8. The lowest BCUT2D eigenvalue weighted by atomic mass is 10.0. The minimum Gasteiger partial charge on any atom is -0.462 e. The molecule has 0 saturated carbocycles. The fourth-order valence-corrected chi connectivity index (χ4v) is 10.0. The number of carbonyl (C=O) groups is 3. The number of hydrogen-bond donors (Lipinski definition) is 0. The molecule has 0 aliphatic carbocycles. The van der Waals surface area contributed by atoms with Gasteiger partial charge in [-0.05, 0) is 44.9 Å². The average Bonchev–Trinajstić information content (AvgIpc) is 3.39. The predicted octanol–water partition coefficient (Wildman–Crippen LogP) is 22.2. The molecule has 0 heterocycles. The minimum atomic E-state index is -0.774. The van der Waals surface area contributed by atoms with Gasteiger partial charge in [-0.3, -0.25) is 14.4 Å². The minimum absolute atomic E-state index is 0.0714. The van der Waals surface area contributed by atoms with Crippen LogP contribution >= 0.6 is 0 Å². The molecular formula is C67H126O6. The molecule has 0 fully saturated rings. The molecule has 430 valence electrons. The van der Waals surface area contributed by atoms with Gasteiger partial charge in [-0.2, -0.15) is 0 Å². The summed E-state index contributed by atoms with van der Waals surface area (Å²) in [5, 5.41) is 0. The van der Waals surface area contributed by atoms with Crippen molar-refractivity contribution < 1.29 is 28.6 Å². The summed E-state index contributed by atoms with van der Waals surface area (Å²) in [6, 6.07) is 0. The fraction of sp³-hybridized carbons (Fsp3) is 0.896. The second-order valence-corrected chi connectivity index (χ2v) is 22.4. The van der Waals surface area contributed by atoms with Crippen LogP contribution in [-0.2, 0) is 28.6 Å². The summed E-state index contributed by atoms with van der Waals surface area (Å²) in [6.45, 7) is 6.63. The molecule has 1 unspecified atom stereocenters. The summed E-state index contributed by atoms with van der Waals surface area (Å²) < 4.78 is 16.9. The van der Waals surface area contributed by atoms with E-state index in [-0.39, 0.29) is 31.1 Å². The van der Waals surface area contributed by atoms with E-state index in [9.17, 15) is 14.4 Å². The molecule has 0 aliphatic rings. The van der Waals surface area contributed by atoms with Crippen molar-refractivity contribution in [2.24, 2.45) is 0 Å². The molecule has 0 aromatic rings. The molecule has 0 aliphatic heterocycles. The fourth-order valence-electron chi connectivity index (χ4n) is 10.0. The number of hydrogen-bond acceptors (Lipinski definition) is 6. The molecule has 0 aromatic carbocycles. The van der Waals surface area contributed by atoms with E-state index >= 15 is 0 Å². The highest BCUT2D eigenvalue weighted by atomic mass is 16.6. The van der Waals surface area contributed by atoms with Crippen LogP contribution in [0.15, 0.2) is 24.3 Å². The van der Waals surface area contributed by atoms with Gasteiger partial charge in [-0.1, -0.05) is 328 Å². The van der Waals surface area contributed by atoms with Crippen LogP contribution in [0.2, 0.25) is 0 Å². The van der Waals surface area contributed by atoms with E-state index in [1.54, 1.807) is 0 Å². The average molecular weight is 1030 g/mol. The van der Waals surface area contributed by atoms with E-state index in [1.807, 2.05) is 0 Å². The van der Waals surface area contributed by atoms with Crippen LogP contribution in [-0.4, -0.2) is 37.2 Å². The third-order valence-electron chi connectivity index (χ3n) is 14.9. The molecule has 73 heavy (non-hydrogen) atoms. The quantitative estimate of drug-likeness (QED) is 0.0261. The first-order valence-corrected chi connectivity index (χ1v) is 32.8. The number of carbonyl (C=O) groups excluding carboxylic acids is 3. The monoisotopic (exact) mass is 1030 g/mol. The van der Waals surface area contributed by atoms with E-state index in [4.69, 9.17) is 14.2 Å². The van der Waals surface area contributed by atoms with E-state index < -0.39 is 6.10 Å². The molecule has 0 rings (SSSR count). The topological polar surface area (TPSA) is 78.9 Å².